The molecule has 0 radical (unpaired) electrons. The third kappa shape index (κ3) is 5.16. The number of nitrogens with zero attached hydrogens (tertiary/aromatic N) is 1. The van der Waals surface area contributed by atoms with Crippen molar-refractivity contribution >= 4 is 51.0 Å². The molecule has 0 heterocycles. The molecule has 0 saturated carbocycles. The van der Waals surface area contributed by atoms with E-state index in [0.717, 1.165) is 20.1 Å². The van der Waals surface area contributed by atoms with Crippen LogP contribution in [0.25, 0.3) is 16.8 Å². The van der Waals surface area contributed by atoms with Crippen LogP contribution in [0.1, 0.15) is 11.1 Å². The van der Waals surface area contributed by atoms with Gasteiger partial charge in [0.25, 0.3) is 5.91 Å². The summed E-state index contributed by atoms with van der Waals surface area (Å²) in [4.78, 5) is 12.6. The van der Waals surface area contributed by atoms with Crippen molar-refractivity contribution in [3.05, 3.63) is 111 Å². The number of carbonyl (C=O) groups excluding carboxylic acids is 1. The molecule has 0 saturated heterocycles. The number of fused-ring (bicyclic) bond motifs is 1. The first kappa shape index (κ1) is 21.6. The number of carbonyl (C=O) groups is 1. The summed E-state index contributed by atoms with van der Waals surface area (Å²) < 4.78 is 6.92. The number of hydrogen-bond donors (Lipinski definition) is 1. The van der Waals surface area contributed by atoms with Gasteiger partial charge in [0.05, 0.1) is 5.69 Å². The number of nitriles is 1. The molecule has 0 fully saturated rings. The van der Waals surface area contributed by atoms with Crippen LogP contribution >= 0.6 is 22.6 Å². The monoisotopic (exact) mass is 530 g/mol. The smallest absolute Gasteiger partial charge is 0.266 e. The van der Waals surface area contributed by atoms with Crippen LogP contribution in [-0.4, -0.2) is 5.91 Å². The molecular weight excluding hydrogens is 511 g/mol. The summed E-state index contributed by atoms with van der Waals surface area (Å²) in [5, 5.41) is 14.6. The normalized spacial score (nSPS) is 11.1. The second-order valence-electron chi connectivity index (χ2n) is 7.10. The molecule has 5 heteroatoms. The SMILES string of the molecule is N#C/C(=C/c1cccc(OCc2cccc3ccccc23)c1)C(=O)Nc1ccccc1I. The highest BCUT2D eigenvalue weighted by Gasteiger charge is 2.11. The van der Waals surface area contributed by atoms with Crippen molar-refractivity contribution in [1.82, 2.24) is 0 Å². The molecule has 4 nitrogen and oxygen atoms in total. The number of ether oxygens (including phenoxy) is 1. The molecule has 0 bridgehead atoms. The summed E-state index contributed by atoms with van der Waals surface area (Å²) in [5.41, 5.74) is 2.51. The minimum Gasteiger partial charge on any atom is -0.489 e. The Balaban J connectivity index is 1.50. The highest BCUT2D eigenvalue weighted by molar-refractivity contribution is 14.1. The molecule has 0 aliphatic rings. The van der Waals surface area contributed by atoms with Gasteiger partial charge in [-0.2, -0.15) is 5.26 Å². The van der Waals surface area contributed by atoms with E-state index < -0.39 is 5.91 Å². The fraction of sp³-hybridized carbons (Fsp3) is 0.0370. The Morgan fingerprint density at radius 2 is 1.72 bits per heavy atom. The molecule has 0 aromatic heterocycles. The predicted molar refractivity (Wildman–Crippen MR) is 136 cm³/mol. The van der Waals surface area contributed by atoms with Gasteiger partial charge in [-0.1, -0.05) is 66.7 Å². The molecule has 32 heavy (non-hydrogen) atoms. The lowest BCUT2D eigenvalue weighted by Gasteiger charge is -2.10. The standard InChI is InChI=1S/C27H19IN2O2/c28-25-13-3-4-14-26(25)30-27(31)22(17-29)15-19-7-5-11-23(16-19)32-18-21-10-6-9-20-8-1-2-12-24(20)21/h1-16H,18H2,(H,30,31)/b22-15-. The third-order valence-corrected chi connectivity index (χ3v) is 5.87. The maximum Gasteiger partial charge on any atom is 0.266 e. The molecule has 0 unspecified atom stereocenters. The van der Waals surface area contributed by atoms with Gasteiger partial charge in [0.1, 0.15) is 24.0 Å². The first-order valence-electron chi connectivity index (χ1n) is 10.0. The van der Waals surface area contributed by atoms with E-state index in [4.69, 9.17) is 4.74 Å². The van der Waals surface area contributed by atoms with Crippen molar-refractivity contribution in [3.8, 4) is 11.8 Å². The van der Waals surface area contributed by atoms with Crippen LogP contribution in [0.4, 0.5) is 5.69 Å². The maximum atomic E-state index is 12.6. The Kier molecular flexibility index (Phi) is 6.83. The van der Waals surface area contributed by atoms with Crippen LogP contribution in [0.3, 0.4) is 0 Å². The summed E-state index contributed by atoms with van der Waals surface area (Å²) in [7, 11) is 0. The number of benzene rings is 4. The fourth-order valence-corrected chi connectivity index (χ4v) is 3.86. The van der Waals surface area contributed by atoms with Crippen LogP contribution in [0.2, 0.25) is 0 Å². The van der Waals surface area contributed by atoms with E-state index in [1.165, 1.54) is 5.39 Å². The van der Waals surface area contributed by atoms with E-state index in [-0.39, 0.29) is 5.57 Å². The van der Waals surface area contributed by atoms with E-state index in [1.807, 2.05) is 66.7 Å². The third-order valence-electron chi connectivity index (χ3n) is 4.93. The number of anilines is 1. The summed E-state index contributed by atoms with van der Waals surface area (Å²) in [6.07, 6.45) is 1.57. The summed E-state index contributed by atoms with van der Waals surface area (Å²) in [6, 6.07) is 31.1. The zero-order chi connectivity index (χ0) is 22.3. The Morgan fingerprint density at radius 3 is 2.56 bits per heavy atom. The molecule has 156 valence electrons. The lowest BCUT2D eigenvalue weighted by atomic mass is 10.1. The minimum atomic E-state index is -0.446. The summed E-state index contributed by atoms with van der Waals surface area (Å²) in [5.74, 6) is 0.223. The van der Waals surface area contributed by atoms with Crippen molar-refractivity contribution in [2.24, 2.45) is 0 Å². The van der Waals surface area contributed by atoms with Gasteiger partial charge in [0.2, 0.25) is 0 Å². The maximum absolute atomic E-state index is 12.6. The van der Waals surface area contributed by atoms with Crippen LogP contribution in [0.5, 0.6) is 5.75 Å². The molecule has 0 atom stereocenters. The van der Waals surface area contributed by atoms with E-state index in [1.54, 1.807) is 12.1 Å². The van der Waals surface area contributed by atoms with Crippen LogP contribution < -0.4 is 10.1 Å². The van der Waals surface area contributed by atoms with Gasteiger partial charge in [-0.05, 0) is 74.8 Å². The van der Waals surface area contributed by atoms with Crippen molar-refractivity contribution in [1.29, 1.82) is 5.26 Å². The Hall–Kier alpha value is -3.63. The molecule has 4 aromatic rings. The zero-order valence-corrected chi connectivity index (χ0v) is 19.2. The number of hydrogen-bond acceptors (Lipinski definition) is 3. The molecule has 4 aromatic carbocycles. The quantitative estimate of drug-likeness (QED) is 0.174. The van der Waals surface area contributed by atoms with Gasteiger partial charge in [-0.3, -0.25) is 4.79 Å². The van der Waals surface area contributed by atoms with Gasteiger partial charge in [-0.25, -0.2) is 0 Å². The van der Waals surface area contributed by atoms with Crippen LogP contribution in [-0.2, 0) is 11.4 Å². The van der Waals surface area contributed by atoms with Crippen LogP contribution in [0.15, 0.2) is 96.6 Å². The molecule has 1 N–H and O–H groups in total. The summed E-state index contributed by atoms with van der Waals surface area (Å²) >= 11 is 2.14. The number of nitrogens with one attached hydrogen (secondary N) is 1. The number of rotatable bonds is 6. The lowest BCUT2D eigenvalue weighted by Crippen LogP contribution is -2.14. The van der Waals surface area contributed by atoms with Gasteiger partial charge < -0.3 is 10.1 Å². The topological polar surface area (TPSA) is 62.1 Å². The fourth-order valence-electron chi connectivity index (χ4n) is 3.34. The van der Waals surface area contributed by atoms with Crippen molar-refractivity contribution in [2.75, 3.05) is 5.32 Å². The van der Waals surface area contributed by atoms with Gasteiger partial charge in [0, 0.05) is 3.57 Å². The Morgan fingerprint density at radius 1 is 0.969 bits per heavy atom. The first-order chi connectivity index (χ1) is 15.6. The first-order valence-corrected chi connectivity index (χ1v) is 11.1. The second kappa shape index (κ2) is 10.1. The van der Waals surface area contributed by atoms with E-state index in [0.29, 0.717) is 18.0 Å². The average Bonchev–Trinajstić information content (AvgIpc) is 2.83. The molecular formula is C27H19IN2O2. The highest BCUT2D eigenvalue weighted by Crippen LogP contribution is 2.23. The lowest BCUT2D eigenvalue weighted by molar-refractivity contribution is -0.112. The zero-order valence-electron chi connectivity index (χ0n) is 17.1. The number of amides is 1. The second-order valence-corrected chi connectivity index (χ2v) is 8.27. The highest BCUT2D eigenvalue weighted by atomic mass is 127. The number of halogens is 1. The van der Waals surface area contributed by atoms with E-state index >= 15 is 0 Å². The van der Waals surface area contributed by atoms with Crippen molar-refractivity contribution < 1.29 is 9.53 Å². The van der Waals surface area contributed by atoms with Crippen molar-refractivity contribution in [3.63, 3.8) is 0 Å². The molecule has 1 amide bonds. The van der Waals surface area contributed by atoms with E-state index in [2.05, 4.69) is 52.2 Å². The minimum absolute atomic E-state index is 0.0239. The Labute approximate surface area is 200 Å². The summed E-state index contributed by atoms with van der Waals surface area (Å²) in [6.45, 7) is 0.423. The molecule has 0 aliphatic carbocycles. The largest absolute Gasteiger partial charge is 0.489 e. The average molecular weight is 530 g/mol. The van der Waals surface area contributed by atoms with Gasteiger partial charge >= 0.3 is 0 Å². The predicted octanol–water partition coefficient (Wildman–Crippen LogP) is 6.57. The molecule has 0 spiro atoms. The molecule has 4 rings (SSSR count). The van der Waals surface area contributed by atoms with Crippen LogP contribution in [0, 0.1) is 14.9 Å². The molecule has 0 aliphatic heterocycles. The number of para-hydroxylation sites is 1. The van der Waals surface area contributed by atoms with Crippen molar-refractivity contribution in [2.45, 2.75) is 6.61 Å². The van der Waals surface area contributed by atoms with Gasteiger partial charge in [0.15, 0.2) is 0 Å². The van der Waals surface area contributed by atoms with E-state index in [9.17, 15) is 10.1 Å². The Bertz CT molecular complexity index is 1350. The van der Waals surface area contributed by atoms with Gasteiger partial charge in [-0.15, -0.1) is 0 Å².